The van der Waals surface area contributed by atoms with E-state index in [4.69, 9.17) is 4.98 Å². The van der Waals surface area contributed by atoms with E-state index < -0.39 is 0 Å². The third-order valence-electron chi connectivity index (χ3n) is 8.36. The van der Waals surface area contributed by atoms with Crippen molar-refractivity contribution in [3.05, 3.63) is 53.2 Å². The number of nitrogens with zero attached hydrogens (tertiary/aromatic N) is 1. The number of carbonyl (C=O) groups excluding carboxylic acids is 1. The Labute approximate surface area is 172 Å². The molecule has 2 nitrogen and oxygen atoms in total. The molecule has 3 aromatic rings. The predicted molar refractivity (Wildman–Crippen MR) is 119 cm³/mol. The lowest BCUT2D eigenvalue weighted by Crippen LogP contribution is -2.44. The number of Topliss-reactive ketones (excluding diaryl/α,β-unsaturated/α-hetero) is 1. The van der Waals surface area contributed by atoms with Gasteiger partial charge in [0.25, 0.3) is 0 Å². The Balaban J connectivity index is 1.74. The minimum Gasteiger partial charge on any atom is -0.298 e. The van der Waals surface area contributed by atoms with E-state index in [1.54, 1.807) is 0 Å². The number of fused-ring (bicyclic) bond motifs is 7. The van der Waals surface area contributed by atoms with Gasteiger partial charge in [-0.25, -0.2) is 0 Å². The number of aromatic nitrogens is 1. The standard InChI is InChI=1S/C27H29NO/c1-18-16-21-23-22(17-28-24(21)20-11-5-4-10-19(18)20)26(12-6-2-7-13-26)25(29)27(23)14-8-3-9-15-27/h4-5,10-11,16-17H,2-3,6-9,12-15H2,1H3. The van der Waals surface area contributed by atoms with E-state index in [0.717, 1.165) is 31.2 Å². The first kappa shape index (κ1) is 17.6. The van der Waals surface area contributed by atoms with Gasteiger partial charge in [-0.1, -0.05) is 62.8 Å². The molecule has 29 heavy (non-hydrogen) atoms. The fourth-order valence-corrected chi connectivity index (χ4v) is 7.07. The molecule has 2 aromatic carbocycles. The summed E-state index contributed by atoms with van der Waals surface area (Å²) in [4.78, 5) is 19.3. The first-order valence-electron chi connectivity index (χ1n) is 11.5. The molecule has 0 bridgehead atoms. The quantitative estimate of drug-likeness (QED) is 0.405. The molecule has 0 saturated heterocycles. The lowest BCUT2D eigenvalue weighted by Gasteiger charge is -2.38. The monoisotopic (exact) mass is 383 g/mol. The topological polar surface area (TPSA) is 30.0 Å². The molecule has 6 rings (SSSR count). The normalized spacial score (nSPS) is 22.6. The first-order valence-corrected chi connectivity index (χ1v) is 11.5. The van der Waals surface area contributed by atoms with Gasteiger partial charge in [-0.05, 0) is 60.7 Å². The zero-order valence-corrected chi connectivity index (χ0v) is 17.4. The molecule has 148 valence electrons. The molecule has 1 heterocycles. The number of benzene rings is 2. The van der Waals surface area contributed by atoms with E-state index in [9.17, 15) is 4.79 Å². The van der Waals surface area contributed by atoms with Gasteiger partial charge < -0.3 is 0 Å². The van der Waals surface area contributed by atoms with Gasteiger partial charge in [0, 0.05) is 17.0 Å². The summed E-state index contributed by atoms with van der Waals surface area (Å²) in [6.07, 6.45) is 13.5. The van der Waals surface area contributed by atoms with Crippen molar-refractivity contribution in [2.45, 2.75) is 82.0 Å². The fourth-order valence-electron chi connectivity index (χ4n) is 7.07. The third kappa shape index (κ3) is 2.18. The van der Waals surface area contributed by atoms with Crippen molar-refractivity contribution in [3.63, 3.8) is 0 Å². The zero-order chi connectivity index (χ0) is 19.6. The summed E-state index contributed by atoms with van der Waals surface area (Å²) >= 11 is 0. The van der Waals surface area contributed by atoms with Gasteiger partial charge in [0.2, 0.25) is 0 Å². The van der Waals surface area contributed by atoms with Crippen molar-refractivity contribution in [2.75, 3.05) is 0 Å². The van der Waals surface area contributed by atoms with E-state index >= 15 is 0 Å². The molecule has 1 aromatic heterocycles. The fraction of sp³-hybridized carbons (Fsp3) is 0.481. The molecule has 3 aliphatic carbocycles. The Morgan fingerprint density at radius 2 is 1.41 bits per heavy atom. The van der Waals surface area contributed by atoms with Crippen molar-refractivity contribution in [1.82, 2.24) is 4.98 Å². The van der Waals surface area contributed by atoms with E-state index in [-0.39, 0.29) is 10.8 Å². The molecule has 0 amide bonds. The average Bonchev–Trinajstić information content (AvgIpc) is 2.95. The zero-order valence-electron chi connectivity index (χ0n) is 17.4. The van der Waals surface area contributed by atoms with Gasteiger partial charge >= 0.3 is 0 Å². The molecular weight excluding hydrogens is 354 g/mol. The van der Waals surface area contributed by atoms with Crippen LogP contribution in [0.5, 0.6) is 0 Å². The van der Waals surface area contributed by atoms with Gasteiger partial charge in [0.15, 0.2) is 5.78 Å². The Kier molecular flexibility index (Phi) is 3.73. The van der Waals surface area contributed by atoms with Gasteiger partial charge in [0.05, 0.1) is 16.3 Å². The van der Waals surface area contributed by atoms with Crippen LogP contribution in [0.3, 0.4) is 0 Å². The number of pyridine rings is 1. The summed E-state index contributed by atoms with van der Waals surface area (Å²) in [5.74, 6) is 0.555. The SMILES string of the molecule is Cc1cc2c3c(cnc2c2ccccc12)C1(CCCCC1)C(=O)C31CCCCC1. The first-order chi connectivity index (χ1) is 14.2. The molecule has 3 aliphatic rings. The third-order valence-corrected chi connectivity index (χ3v) is 8.36. The van der Waals surface area contributed by atoms with Crippen LogP contribution < -0.4 is 0 Å². The molecule has 0 N–H and O–H groups in total. The van der Waals surface area contributed by atoms with Crippen molar-refractivity contribution in [3.8, 4) is 0 Å². The van der Waals surface area contributed by atoms with Gasteiger partial charge in [0.1, 0.15) is 0 Å². The molecule has 0 radical (unpaired) electrons. The molecule has 2 fully saturated rings. The minimum atomic E-state index is -0.263. The van der Waals surface area contributed by atoms with E-state index in [1.165, 1.54) is 71.4 Å². The number of carbonyl (C=O) groups is 1. The number of hydrogen-bond donors (Lipinski definition) is 0. The molecular formula is C27H29NO. The lowest BCUT2D eigenvalue weighted by atomic mass is 9.63. The van der Waals surface area contributed by atoms with Crippen molar-refractivity contribution in [1.29, 1.82) is 0 Å². The van der Waals surface area contributed by atoms with Crippen LogP contribution in [-0.2, 0) is 15.6 Å². The molecule has 0 aliphatic heterocycles. The summed E-state index contributed by atoms with van der Waals surface area (Å²) in [5.41, 5.74) is 4.54. The van der Waals surface area contributed by atoms with E-state index in [0.29, 0.717) is 5.78 Å². The second kappa shape index (κ2) is 6.14. The summed E-state index contributed by atoms with van der Waals surface area (Å²) in [6.45, 7) is 2.21. The second-order valence-electron chi connectivity index (χ2n) is 9.80. The average molecular weight is 384 g/mol. The van der Waals surface area contributed by atoms with Crippen LogP contribution in [0.2, 0.25) is 0 Å². The highest BCUT2D eigenvalue weighted by Crippen LogP contribution is 2.59. The highest BCUT2D eigenvalue weighted by atomic mass is 16.1. The smallest absolute Gasteiger partial charge is 0.153 e. The summed E-state index contributed by atoms with van der Waals surface area (Å²) in [7, 11) is 0. The van der Waals surface area contributed by atoms with Gasteiger partial charge in [-0.3, -0.25) is 9.78 Å². The van der Waals surface area contributed by atoms with Crippen LogP contribution in [0.15, 0.2) is 36.5 Å². The summed E-state index contributed by atoms with van der Waals surface area (Å²) in [5, 5.41) is 3.77. The van der Waals surface area contributed by atoms with Crippen molar-refractivity contribution >= 4 is 27.5 Å². The number of aryl methyl sites for hydroxylation is 1. The van der Waals surface area contributed by atoms with E-state index in [1.807, 2.05) is 0 Å². The number of ketones is 1. The molecule has 2 spiro atoms. The van der Waals surface area contributed by atoms with E-state index in [2.05, 4.69) is 43.5 Å². The van der Waals surface area contributed by atoms with Crippen LogP contribution in [0.1, 0.15) is 80.9 Å². The highest BCUT2D eigenvalue weighted by Gasteiger charge is 2.60. The van der Waals surface area contributed by atoms with Crippen LogP contribution >= 0.6 is 0 Å². The molecule has 2 saturated carbocycles. The molecule has 2 heteroatoms. The Morgan fingerprint density at radius 3 is 2.10 bits per heavy atom. The largest absolute Gasteiger partial charge is 0.298 e. The molecule has 0 atom stereocenters. The van der Waals surface area contributed by atoms with Crippen LogP contribution in [0.4, 0.5) is 0 Å². The van der Waals surface area contributed by atoms with Crippen LogP contribution in [-0.4, -0.2) is 10.8 Å². The van der Waals surface area contributed by atoms with Crippen LogP contribution in [0.25, 0.3) is 21.7 Å². The Bertz CT molecular complexity index is 1150. The van der Waals surface area contributed by atoms with Crippen LogP contribution in [0, 0.1) is 6.92 Å². The Morgan fingerprint density at radius 1 is 0.793 bits per heavy atom. The van der Waals surface area contributed by atoms with Crippen molar-refractivity contribution in [2.24, 2.45) is 0 Å². The minimum absolute atomic E-state index is 0.258. The second-order valence-corrected chi connectivity index (χ2v) is 9.80. The number of hydrogen-bond acceptors (Lipinski definition) is 2. The van der Waals surface area contributed by atoms with Gasteiger partial charge in [-0.2, -0.15) is 0 Å². The lowest BCUT2D eigenvalue weighted by molar-refractivity contribution is -0.131. The summed E-state index contributed by atoms with van der Waals surface area (Å²) < 4.78 is 0. The maximum Gasteiger partial charge on any atom is 0.153 e. The number of rotatable bonds is 0. The maximum atomic E-state index is 14.3. The maximum absolute atomic E-state index is 14.3. The summed E-state index contributed by atoms with van der Waals surface area (Å²) in [6, 6.07) is 11.0. The van der Waals surface area contributed by atoms with Gasteiger partial charge in [-0.15, -0.1) is 0 Å². The highest BCUT2D eigenvalue weighted by molar-refractivity contribution is 6.13. The van der Waals surface area contributed by atoms with Crippen molar-refractivity contribution < 1.29 is 4.79 Å². The Hall–Kier alpha value is -2.22. The predicted octanol–water partition coefficient (Wildman–Crippen LogP) is 6.68. The molecule has 0 unspecified atom stereocenters.